The van der Waals surface area contributed by atoms with Gasteiger partial charge in [0.1, 0.15) is 54.3 Å². The number of carbonyl (C=O) groups is 1. The zero-order chi connectivity index (χ0) is 39.6. The van der Waals surface area contributed by atoms with Crippen molar-refractivity contribution in [2.75, 3.05) is 37.5 Å². The molecule has 9 N–H and O–H groups in total. The number of nitrogens with two attached hydrogens (primary N) is 2. The summed E-state index contributed by atoms with van der Waals surface area (Å²) in [5, 5.41) is 14.4. The molecule has 0 spiro atoms. The van der Waals surface area contributed by atoms with Crippen molar-refractivity contribution < 1.29 is 61.5 Å². The van der Waals surface area contributed by atoms with Gasteiger partial charge in [-0.1, -0.05) is 42.4 Å². The molecule has 0 amide bonds. The molecule has 0 saturated carbocycles. The number of hydrogen-bond acceptors (Lipinski definition) is 20. The molecule has 2 saturated heterocycles. The molecule has 0 unspecified atom stereocenters. The first kappa shape index (κ1) is 42.4. The number of hydrogen-bond donors (Lipinski definition) is 7. The molecule has 0 aliphatic carbocycles. The molecule has 0 radical (unpaired) electrons. The van der Waals surface area contributed by atoms with Crippen LogP contribution in [0.15, 0.2) is 29.7 Å². The van der Waals surface area contributed by atoms with Gasteiger partial charge >= 0.3 is 27.3 Å². The van der Waals surface area contributed by atoms with Gasteiger partial charge < -0.3 is 50.8 Å². The van der Waals surface area contributed by atoms with Crippen LogP contribution in [0.1, 0.15) is 39.6 Å². The Morgan fingerprint density at radius 2 is 1.83 bits per heavy atom. The van der Waals surface area contributed by atoms with Gasteiger partial charge in [-0.3, -0.25) is 27.5 Å². The largest absolute Gasteiger partial charge is 0.472 e. The van der Waals surface area contributed by atoms with E-state index in [1.54, 1.807) is 17.8 Å². The van der Waals surface area contributed by atoms with Crippen LogP contribution in [-0.2, 0) is 41.7 Å². The molecule has 2 aliphatic rings. The first-order valence-electron chi connectivity index (χ1n) is 16.1. The van der Waals surface area contributed by atoms with E-state index in [-0.39, 0.29) is 34.0 Å². The number of phosphoric ester groups is 2. The molecule has 54 heavy (non-hydrogen) atoms. The van der Waals surface area contributed by atoms with Crippen molar-refractivity contribution in [2.24, 2.45) is 0 Å². The fourth-order valence-electron chi connectivity index (χ4n) is 5.37. The second-order valence-corrected chi connectivity index (χ2v) is 18.8. The number of nitrogens with one attached hydrogen (secondary N) is 1. The molecule has 300 valence electrons. The van der Waals surface area contributed by atoms with E-state index in [0.717, 1.165) is 4.57 Å². The van der Waals surface area contributed by atoms with E-state index in [0.29, 0.717) is 5.75 Å². The van der Waals surface area contributed by atoms with Gasteiger partial charge in [0.15, 0.2) is 23.8 Å². The lowest BCUT2D eigenvalue weighted by atomic mass is 10.1. The van der Waals surface area contributed by atoms with Crippen molar-refractivity contribution in [2.45, 2.75) is 81.0 Å². The topological polar surface area (TPSA) is 330 Å². The third kappa shape index (κ3) is 10.8. The minimum absolute atomic E-state index is 0.0510. The summed E-state index contributed by atoms with van der Waals surface area (Å²) in [6.07, 6.45) is -6.35. The summed E-state index contributed by atoms with van der Waals surface area (Å²) < 4.78 is 59.8. The summed E-state index contributed by atoms with van der Waals surface area (Å²) in [7, 11) is -5.60. The number of nitrogens with zero attached hydrogens (tertiary/aromatic N) is 6. The molecular weight excluding hydrogens is 800 g/mol. The highest BCUT2D eigenvalue weighted by molar-refractivity contribution is 8.77. The zero-order valence-electron chi connectivity index (χ0n) is 29.2. The van der Waals surface area contributed by atoms with Crippen molar-refractivity contribution in [3.8, 4) is 0 Å². The number of aliphatic hydroxyl groups excluding tert-OH is 1. The average Bonchev–Trinajstić information content (AvgIpc) is 3.76. The molecule has 2 fully saturated rings. The van der Waals surface area contributed by atoms with Gasteiger partial charge in [0.25, 0.3) is 0 Å². The second-order valence-electron chi connectivity index (χ2n) is 13.0. The van der Waals surface area contributed by atoms with Crippen molar-refractivity contribution >= 4 is 66.0 Å². The molecule has 2 aliphatic heterocycles. The first-order chi connectivity index (χ1) is 25.2. The lowest BCUT2D eigenvalue weighted by Gasteiger charge is -2.25. The molecule has 3 aromatic rings. The van der Waals surface area contributed by atoms with Crippen LogP contribution < -0.4 is 22.5 Å². The number of ether oxygens (including phenoxy) is 3. The van der Waals surface area contributed by atoms with E-state index in [4.69, 9.17) is 34.7 Å². The number of phosphoric acid groups is 2. The summed E-state index contributed by atoms with van der Waals surface area (Å²) in [5.74, 6) is -0.489. The minimum atomic E-state index is -5.12. The fraction of sp³-hybridized carbons (Fsp3) is 0.630. The molecule has 0 aromatic carbocycles. The van der Waals surface area contributed by atoms with E-state index < -0.39 is 89.5 Å². The number of anilines is 2. The number of carbonyl (C=O) groups excluding carboxylic acids is 1. The monoisotopic (exact) mass is 841 g/mol. The first-order valence-corrected chi connectivity index (χ1v) is 21.4. The van der Waals surface area contributed by atoms with E-state index in [9.17, 15) is 38.5 Å². The van der Waals surface area contributed by atoms with Gasteiger partial charge in [-0.05, 0) is 13.1 Å². The maximum absolute atomic E-state index is 13.4. The van der Waals surface area contributed by atoms with Crippen LogP contribution in [0, 0.1) is 0 Å². The summed E-state index contributed by atoms with van der Waals surface area (Å²) in [6, 6.07) is 0.474. The molecular formula is C27H41N9O14P2S2. The normalized spacial score (nSPS) is 26.6. The van der Waals surface area contributed by atoms with Crippen LogP contribution in [-0.4, -0.2) is 122 Å². The Labute approximate surface area is 315 Å². The Morgan fingerprint density at radius 3 is 2.50 bits per heavy atom. The minimum Gasteiger partial charge on any atom is -0.455 e. The smallest absolute Gasteiger partial charge is 0.455 e. The van der Waals surface area contributed by atoms with Crippen molar-refractivity contribution in [3.63, 3.8) is 0 Å². The van der Waals surface area contributed by atoms with Crippen LogP contribution in [0.25, 0.3) is 11.2 Å². The number of imidazole rings is 1. The maximum atomic E-state index is 13.4. The summed E-state index contributed by atoms with van der Waals surface area (Å²) in [4.78, 5) is 71.0. The second kappa shape index (κ2) is 17.2. The van der Waals surface area contributed by atoms with Crippen LogP contribution in [0.4, 0.5) is 11.6 Å². The Balaban J connectivity index is 1.34. The zero-order valence-corrected chi connectivity index (χ0v) is 32.6. The molecule has 9 atom stereocenters. The predicted molar refractivity (Wildman–Crippen MR) is 192 cm³/mol. The van der Waals surface area contributed by atoms with Gasteiger partial charge in [-0.15, -0.1) is 0 Å². The third-order valence-electron chi connectivity index (χ3n) is 7.82. The average molecular weight is 842 g/mol. The molecule has 0 bridgehead atoms. The van der Waals surface area contributed by atoms with E-state index >= 15 is 0 Å². The number of aromatic nitrogens is 6. The lowest BCUT2D eigenvalue weighted by Crippen LogP contribution is -2.45. The maximum Gasteiger partial charge on any atom is 0.472 e. The van der Waals surface area contributed by atoms with E-state index in [1.807, 2.05) is 20.8 Å². The number of rotatable bonds is 16. The Morgan fingerprint density at radius 1 is 1.11 bits per heavy atom. The van der Waals surface area contributed by atoms with Gasteiger partial charge in [-0.25, -0.2) is 28.9 Å². The number of fused-ring (bicyclic) bond motifs is 1. The van der Waals surface area contributed by atoms with Crippen LogP contribution in [0.5, 0.6) is 0 Å². The molecule has 23 nitrogen and oxygen atoms in total. The van der Waals surface area contributed by atoms with E-state index in [1.165, 1.54) is 40.3 Å². The summed E-state index contributed by atoms with van der Waals surface area (Å²) in [6.45, 7) is 4.45. The van der Waals surface area contributed by atoms with Crippen molar-refractivity contribution in [1.29, 1.82) is 0 Å². The van der Waals surface area contributed by atoms with Gasteiger partial charge in [0.2, 0.25) is 0 Å². The number of esters is 1. The van der Waals surface area contributed by atoms with Gasteiger partial charge in [0, 0.05) is 23.1 Å². The number of likely N-dealkylation sites (N-methyl/N-ethyl adjacent to an activating group) is 1. The predicted octanol–water partition coefficient (Wildman–Crippen LogP) is 0.0846. The highest BCUT2D eigenvalue weighted by atomic mass is 33.1. The fourth-order valence-corrected chi connectivity index (χ4v) is 9.20. The summed E-state index contributed by atoms with van der Waals surface area (Å²) >= 11 is 0. The SMILES string of the molecule is CN[C@@H](CSSC(C)(C)C)C(=O)O[C@H]1[C@@H](O)[C@H](n2cnc3c(N)ncnc32)O[C@@H]1CO[P@@](=O)(O)O[C@H]1C[C@H](n2ccc(N)nc2=O)O[C@@H]1COP(=O)(O)O. The lowest BCUT2D eigenvalue weighted by molar-refractivity contribution is -0.158. The Bertz CT molecular complexity index is 1950. The molecule has 3 aromatic heterocycles. The van der Waals surface area contributed by atoms with Crippen LogP contribution >= 0.6 is 37.2 Å². The standard InChI is InChI=1S/C27H41N9O14P2S2/c1-27(2,3)54-53-10-13(30-4)25(38)49-21-16(48-24(20(21)37)36-12-33-19-22(29)31-11-32-23(19)36)9-46-52(43,44)50-14-7-18(35-6-5-17(28)34-26(35)39)47-15(14)8-45-51(40,41)42/h5-6,11-16,18,20-21,24,30,37H,7-10H2,1-4H3,(H,43,44)(H2,28,34,39)(H2,29,31,32)(H2,40,41,42)/t13-,14-,15+,16+,18+,20+,21+,24+/m0/s1. The molecule has 5 heterocycles. The number of nitrogen functional groups attached to an aromatic ring is 2. The van der Waals surface area contributed by atoms with Crippen molar-refractivity contribution in [3.05, 3.63) is 35.4 Å². The molecule has 27 heteroatoms. The molecule has 5 rings (SSSR count). The Hall–Kier alpha value is -2.74. The van der Waals surface area contributed by atoms with Gasteiger partial charge in [-0.2, -0.15) is 4.98 Å². The van der Waals surface area contributed by atoms with Crippen LogP contribution in [0.3, 0.4) is 0 Å². The van der Waals surface area contributed by atoms with Crippen molar-refractivity contribution in [1.82, 2.24) is 34.4 Å². The quantitative estimate of drug-likeness (QED) is 0.0570. The summed E-state index contributed by atoms with van der Waals surface area (Å²) in [5.41, 5.74) is 11.0. The third-order valence-corrected chi connectivity index (χ3v) is 12.7. The van der Waals surface area contributed by atoms with E-state index in [2.05, 4.69) is 29.8 Å². The number of aliphatic hydroxyl groups is 1. The Kier molecular flexibility index (Phi) is 13.5. The van der Waals surface area contributed by atoms with Gasteiger partial charge in [0.05, 0.1) is 19.5 Å². The highest BCUT2D eigenvalue weighted by Crippen LogP contribution is 2.50. The highest BCUT2D eigenvalue weighted by Gasteiger charge is 2.50. The van der Waals surface area contributed by atoms with Crippen LogP contribution in [0.2, 0.25) is 0 Å².